The monoisotopic (exact) mass is 238 g/mol. The number of hydrogen-bond acceptors (Lipinski definition) is 3. The Balaban J connectivity index is 1.93. The van der Waals surface area contributed by atoms with Gasteiger partial charge in [0.1, 0.15) is 5.65 Å². The van der Waals surface area contributed by atoms with Gasteiger partial charge in [-0.05, 0) is 24.3 Å². The van der Waals surface area contributed by atoms with Crippen molar-refractivity contribution in [3.05, 3.63) is 54.6 Å². The molecular formula is C13H10N4O. The van der Waals surface area contributed by atoms with Crippen LogP contribution in [0.25, 0.3) is 11.0 Å². The molecular weight excluding hydrogens is 228 g/mol. The van der Waals surface area contributed by atoms with Gasteiger partial charge in [-0.25, -0.2) is 4.98 Å². The Morgan fingerprint density at radius 3 is 2.94 bits per heavy atom. The van der Waals surface area contributed by atoms with Gasteiger partial charge in [-0.15, -0.1) is 0 Å². The summed E-state index contributed by atoms with van der Waals surface area (Å²) in [4.78, 5) is 23.2. The van der Waals surface area contributed by atoms with Crippen LogP contribution in [0.15, 0.2) is 49.1 Å². The third-order valence-electron chi connectivity index (χ3n) is 2.62. The molecule has 3 rings (SSSR count). The lowest BCUT2D eigenvalue weighted by atomic mass is 10.2. The van der Waals surface area contributed by atoms with Gasteiger partial charge in [0.05, 0.1) is 17.4 Å². The van der Waals surface area contributed by atoms with Crippen LogP contribution in [0.1, 0.15) is 10.4 Å². The molecule has 5 nitrogen and oxygen atoms in total. The van der Waals surface area contributed by atoms with Gasteiger partial charge in [-0.3, -0.25) is 9.78 Å². The quantitative estimate of drug-likeness (QED) is 0.719. The zero-order valence-corrected chi connectivity index (χ0v) is 9.42. The lowest BCUT2D eigenvalue weighted by Crippen LogP contribution is -2.11. The Labute approximate surface area is 103 Å². The maximum Gasteiger partial charge on any atom is 0.257 e. The molecule has 0 aliphatic rings. The maximum atomic E-state index is 12.1. The van der Waals surface area contributed by atoms with Gasteiger partial charge in [0.25, 0.3) is 5.91 Å². The second-order valence-corrected chi connectivity index (χ2v) is 3.80. The van der Waals surface area contributed by atoms with Crippen molar-refractivity contribution in [2.24, 2.45) is 0 Å². The standard InChI is InChI=1S/C13H10N4O/c18-13(17-9-3-1-5-14-7-9)11-8-16-12-10(11)4-2-6-15-12/h1-8H,(H,15,16)(H,17,18). The molecule has 3 aromatic heterocycles. The van der Waals surface area contributed by atoms with Gasteiger partial charge in [0.2, 0.25) is 0 Å². The number of rotatable bonds is 2. The summed E-state index contributed by atoms with van der Waals surface area (Å²) in [6, 6.07) is 7.22. The highest BCUT2D eigenvalue weighted by Crippen LogP contribution is 2.17. The van der Waals surface area contributed by atoms with E-state index in [0.717, 1.165) is 5.39 Å². The number of aromatic nitrogens is 3. The summed E-state index contributed by atoms with van der Waals surface area (Å²) in [5.74, 6) is -0.178. The molecule has 3 aromatic rings. The molecule has 0 saturated carbocycles. The molecule has 0 spiro atoms. The van der Waals surface area contributed by atoms with E-state index in [4.69, 9.17) is 0 Å². The topological polar surface area (TPSA) is 70.7 Å². The van der Waals surface area contributed by atoms with Crippen LogP contribution in [-0.2, 0) is 0 Å². The van der Waals surface area contributed by atoms with Crippen molar-refractivity contribution in [2.45, 2.75) is 0 Å². The number of fused-ring (bicyclic) bond motifs is 1. The summed E-state index contributed by atoms with van der Waals surface area (Å²) in [5, 5.41) is 3.59. The molecule has 1 amide bonds. The van der Waals surface area contributed by atoms with E-state index in [9.17, 15) is 4.79 Å². The van der Waals surface area contributed by atoms with Crippen LogP contribution in [0.3, 0.4) is 0 Å². The Morgan fingerprint density at radius 1 is 1.22 bits per heavy atom. The third-order valence-corrected chi connectivity index (χ3v) is 2.62. The minimum atomic E-state index is -0.178. The molecule has 0 bridgehead atoms. The molecule has 0 saturated heterocycles. The maximum absolute atomic E-state index is 12.1. The van der Waals surface area contributed by atoms with E-state index < -0.39 is 0 Å². The molecule has 0 aromatic carbocycles. The van der Waals surface area contributed by atoms with Crippen LogP contribution >= 0.6 is 0 Å². The number of hydrogen-bond donors (Lipinski definition) is 2. The number of carbonyl (C=O) groups is 1. The number of carbonyl (C=O) groups excluding carboxylic acids is 1. The van der Waals surface area contributed by atoms with Crippen molar-refractivity contribution >= 4 is 22.6 Å². The molecule has 0 atom stereocenters. The van der Waals surface area contributed by atoms with Gasteiger partial charge in [0, 0.05) is 24.0 Å². The van der Waals surface area contributed by atoms with Crippen molar-refractivity contribution in [1.29, 1.82) is 0 Å². The number of pyridine rings is 2. The fourth-order valence-electron chi connectivity index (χ4n) is 1.78. The predicted octanol–water partition coefficient (Wildman–Crippen LogP) is 2.21. The number of H-pyrrole nitrogens is 1. The minimum absolute atomic E-state index is 0.178. The summed E-state index contributed by atoms with van der Waals surface area (Å²) < 4.78 is 0. The zero-order chi connectivity index (χ0) is 12.4. The highest BCUT2D eigenvalue weighted by atomic mass is 16.1. The van der Waals surface area contributed by atoms with Crippen LogP contribution in [0, 0.1) is 0 Å². The Hall–Kier alpha value is -2.69. The summed E-state index contributed by atoms with van der Waals surface area (Å²) in [6.45, 7) is 0. The molecule has 0 aliphatic heterocycles. The van der Waals surface area contributed by atoms with Crippen molar-refractivity contribution in [3.63, 3.8) is 0 Å². The smallest absolute Gasteiger partial charge is 0.257 e. The van der Waals surface area contributed by atoms with Gasteiger partial charge in [-0.2, -0.15) is 0 Å². The average molecular weight is 238 g/mol. The minimum Gasteiger partial charge on any atom is -0.345 e. The lowest BCUT2D eigenvalue weighted by Gasteiger charge is -2.02. The van der Waals surface area contributed by atoms with Crippen LogP contribution in [-0.4, -0.2) is 20.9 Å². The molecule has 0 aliphatic carbocycles. The van der Waals surface area contributed by atoms with Crippen molar-refractivity contribution in [2.75, 3.05) is 5.32 Å². The van der Waals surface area contributed by atoms with E-state index in [-0.39, 0.29) is 5.91 Å². The highest BCUT2D eigenvalue weighted by Gasteiger charge is 2.12. The van der Waals surface area contributed by atoms with Gasteiger partial charge < -0.3 is 10.3 Å². The lowest BCUT2D eigenvalue weighted by molar-refractivity contribution is 0.102. The highest BCUT2D eigenvalue weighted by molar-refractivity contribution is 6.12. The van der Waals surface area contributed by atoms with E-state index in [1.165, 1.54) is 0 Å². The molecule has 3 heterocycles. The Morgan fingerprint density at radius 2 is 2.11 bits per heavy atom. The number of nitrogens with one attached hydrogen (secondary N) is 2. The fraction of sp³-hybridized carbons (Fsp3) is 0. The second kappa shape index (κ2) is 4.29. The summed E-state index contributed by atoms with van der Waals surface area (Å²) in [6.07, 6.45) is 6.60. The number of aromatic amines is 1. The van der Waals surface area contributed by atoms with Crippen molar-refractivity contribution in [3.8, 4) is 0 Å². The van der Waals surface area contributed by atoms with E-state index in [0.29, 0.717) is 16.9 Å². The number of nitrogens with zero attached hydrogens (tertiary/aromatic N) is 2. The Kier molecular flexibility index (Phi) is 2.49. The van der Waals surface area contributed by atoms with Crippen LogP contribution in [0.5, 0.6) is 0 Å². The number of anilines is 1. The van der Waals surface area contributed by atoms with E-state index in [1.807, 2.05) is 6.07 Å². The predicted molar refractivity (Wildman–Crippen MR) is 68.3 cm³/mol. The largest absolute Gasteiger partial charge is 0.345 e. The van der Waals surface area contributed by atoms with Gasteiger partial charge >= 0.3 is 0 Å². The van der Waals surface area contributed by atoms with E-state index in [1.54, 1.807) is 43.0 Å². The molecule has 18 heavy (non-hydrogen) atoms. The third kappa shape index (κ3) is 1.82. The summed E-state index contributed by atoms with van der Waals surface area (Å²) >= 11 is 0. The average Bonchev–Trinajstić information content (AvgIpc) is 2.84. The fourth-order valence-corrected chi connectivity index (χ4v) is 1.78. The zero-order valence-electron chi connectivity index (χ0n) is 9.42. The van der Waals surface area contributed by atoms with Crippen molar-refractivity contribution in [1.82, 2.24) is 15.0 Å². The normalized spacial score (nSPS) is 10.4. The molecule has 5 heteroatoms. The van der Waals surface area contributed by atoms with E-state index in [2.05, 4.69) is 20.3 Å². The Bertz CT molecular complexity index is 690. The van der Waals surface area contributed by atoms with Gasteiger partial charge in [0.15, 0.2) is 0 Å². The summed E-state index contributed by atoms with van der Waals surface area (Å²) in [5.41, 5.74) is 1.94. The first-order valence-corrected chi connectivity index (χ1v) is 5.48. The molecule has 0 fully saturated rings. The van der Waals surface area contributed by atoms with Crippen LogP contribution < -0.4 is 5.32 Å². The van der Waals surface area contributed by atoms with Crippen molar-refractivity contribution < 1.29 is 4.79 Å². The molecule has 0 radical (unpaired) electrons. The van der Waals surface area contributed by atoms with Crippen LogP contribution in [0.2, 0.25) is 0 Å². The molecule has 0 unspecified atom stereocenters. The summed E-state index contributed by atoms with van der Waals surface area (Å²) in [7, 11) is 0. The van der Waals surface area contributed by atoms with Crippen LogP contribution in [0.4, 0.5) is 5.69 Å². The first kappa shape index (κ1) is 10.5. The first-order valence-electron chi connectivity index (χ1n) is 5.48. The van der Waals surface area contributed by atoms with E-state index >= 15 is 0 Å². The second-order valence-electron chi connectivity index (χ2n) is 3.80. The number of amides is 1. The molecule has 2 N–H and O–H groups in total. The first-order chi connectivity index (χ1) is 8.84. The SMILES string of the molecule is O=C(Nc1cccnc1)c1c[nH]c2ncccc12. The van der Waals surface area contributed by atoms with Gasteiger partial charge in [-0.1, -0.05) is 0 Å². The molecule has 88 valence electrons.